The lowest BCUT2D eigenvalue weighted by Crippen LogP contribution is -2.25. The number of rotatable bonds is 5. The third-order valence-electron chi connectivity index (χ3n) is 2.81. The molecule has 0 unspecified atom stereocenters. The second-order valence-corrected chi connectivity index (χ2v) is 6.22. The molecule has 0 spiro atoms. The molecule has 0 bridgehead atoms. The first-order valence-electron chi connectivity index (χ1n) is 6.47. The predicted octanol–water partition coefficient (Wildman–Crippen LogP) is 3.11. The number of aryl methyl sites for hydroxylation is 1. The van der Waals surface area contributed by atoms with E-state index < -0.39 is 0 Å². The van der Waals surface area contributed by atoms with Crippen LogP contribution in [0.2, 0.25) is 5.02 Å². The van der Waals surface area contributed by atoms with E-state index in [1.54, 1.807) is 17.5 Å². The van der Waals surface area contributed by atoms with Crippen molar-refractivity contribution in [3.8, 4) is 0 Å². The summed E-state index contributed by atoms with van der Waals surface area (Å²) in [5.74, 6) is 0. The standard InChI is InChI=1S/C13H17ClN4OS/c1-4-9-5-16-11(20-9)7-15-10-6-17-18(8(2)3)13(19)12(10)14/h5-6,8,15H,4,7H2,1-3H3. The molecule has 0 amide bonds. The number of anilines is 1. The van der Waals surface area contributed by atoms with Crippen molar-refractivity contribution in [2.24, 2.45) is 0 Å². The van der Waals surface area contributed by atoms with Gasteiger partial charge in [-0.2, -0.15) is 5.10 Å². The van der Waals surface area contributed by atoms with Gasteiger partial charge in [0, 0.05) is 11.1 Å². The summed E-state index contributed by atoms with van der Waals surface area (Å²) < 4.78 is 1.37. The average molecular weight is 313 g/mol. The van der Waals surface area contributed by atoms with Gasteiger partial charge in [-0.25, -0.2) is 9.67 Å². The Hall–Kier alpha value is -1.40. The quantitative estimate of drug-likeness (QED) is 0.921. The summed E-state index contributed by atoms with van der Waals surface area (Å²) in [5.41, 5.74) is 0.266. The fraction of sp³-hybridized carbons (Fsp3) is 0.462. The van der Waals surface area contributed by atoms with Gasteiger partial charge in [-0.1, -0.05) is 18.5 Å². The van der Waals surface area contributed by atoms with Crippen molar-refractivity contribution < 1.29 is 0 Å². The molecule has 0 saturated heterocycles. The topological polar surface area (TPSA) is 59.8 Å². The summed E-state index contributed by atoms with van der Waals surface area (Å²) in [6.45, 7) is 6.41. The zero-order chi connectivity index (χ0) is 14.7. The second-order valence-electron chi connectivity index (χ2n) is 4.64. The average Bonchev–Trinajstić information content (AvgIpc) is 2.88. The molecule has 2 heterocycles. The zero-order valence-electron chi connectivity index (χ0n) is 11.7. The van der Waals surface area contributed by atoms with Crippen molar-refractivity contribution in [2.75, 3.05) is 5.32 Å². The molecule has 7 heteroatoms. The number of aromatic nitrogens is 3. The molecule has 5 nitrogen and oxygen atoms in total. The highest BCUT2D eigenvalue weighted by atomic mass is 35.5. The summed E-state index contributed by atoms with van der Waals surface area (Å²) in [6, 6.07) is -0.0138. The Bertz CT molecular complexity index is 650. The van der Waals surface area contributed by atoms with Crippen LogP contribution < -0.4 is 10.9 Å². The predicted molar refractivity (Wildman–Crippen MR) is 82.7 cm³/mol. The van der Waals surface area contributed by atoms with E-state index in [-0.39, 0.29) is 16.6 Å². The van der Waals surface area contributed by atoms with Crippen molar-refractivity contribution in [3.05, 3.63) is 37.7 Å². The van der Waals surface area contributed by atoms with Gasteiger partial charge >= 0.3 is 0 Å². The fourth-order valence-corrected chi connectivity index (χ4v) is 2.70. The maximum atomic E-state index is 12.0. The van der Waals surface area contributed by atoms with Crippen LogP contribution in [0.15, 0.2) is 17.2 Å². The van der Waals surface area contributed by atoms with Crippen LogP contribution in [0, 0.1) is 0 Å². The first-order chi connectivity index (χ1) is 9.52. The largest absolute Gasteiger partial charge is 0.376 e. The Morgan fingerprint density at radius 3 is 2.80 bits per heavy atom. The van der Waals surface area contributed by atoms with Crippen molar-refractivity contribution in [2.45, 2.75) is 39.8 Å². The molecule has 1 N–H and O–H groups in total. The van der Waals surface area contributed by atoms with Crippen LogP contribution >= 0.6 is 22.9 Å². The summed E-state index contributed by atoms with van der Waals surface area (Å²) in [5, 5.41) is 8.36. The molecule has 2 aromatic heterocycles. The molecule has 0 aromatic carbocycles. The molecular formula is C13H17ClN4OS. The maximum absolute atomic E-state index is 12.0. The molecule has 2 rings (SSSR count). The molecule has 0 aliphatic heterocycles. The van der Waals surface area contributed by atoms with Crippen molar-refractivity contribution in [1.29, 1.82) is 0 Å². The minimum atomic E-state index is -0.278. The molecule has 0 radical (unpaired) electrons. The Morgan fingerprint density at radius 1 is 1.45 bits per heavy atom. The Balaban J connectivity index is 2.14. The number of nitrogens with one attached hydrogen (secondary N) is 1. The Morgan fingerprint density at radius 2 is 2.20 bits per heavy atom. The Kier molecular flexibility index (Phi) is 4.77. The molecule has 0 aliphatic carbocycles. The minimum absolute atomic E-state index is 0.0138. The van der Waals surface area contributed by atoms with Gasteiger partial charge in [0.25, 0.3) is 5.56 Å². The number of thiazole rings is 1. The lowest BCUT2D eigenvalue weighted by Gasteiger charge is -2.11. The van der Waals surface area contributed by atoms with E-state index >= 15 is 0 Å². The highest BCUT2D eigenvalue weighted by molar-refractivity contribution is 7.11. The summed E-state index contributed by atoms with van der Waals surface area (Å²) in [6.07, 6.45) is 4.43. The second kappa shape index (κ2) is 6.37. The molecule has 20 heavy (non-hydrogen) atoms. The Labute approximate surface area is 126 Å². The highest BCUT2D eigenvalue weighted by Gasteiger charge is 2.11. The maximum Gasteiger partial charge on any atom is 0.287 e. The fourth-order valence-electron chi connectivity index (χ4n) is 1.70. The van der Waals surface area contributed by atoms with Crippen molar-refractivity contribution >= 4 is 28.6 Å². The number of hydrogen-bond acceptors (Lipinski definition) is 5. The molecule has 2 aromatic rings. The summed E-state index contributed by atoms with van der Waals surface area (Å²) in [4.78, 5) is 17.6. The smallest absolute Gasteiger partial charge is 0.287 e. The van der Waals surface area contributed by atoms with Crippen LogP contribution in [-0.4, -0.2) is 14.8 Å². The first kappa shape index (κ1) is 15.0. The zero-order valence-corrected chi connectivity index (χ0v) is 13.3. The normalized spacial score (nSPS) is 11.1. The van der Waals surface area contributed by atoms with Gasteiger partial charge in [0.15, 0.2) is 0 Å². The van der Waals surface area contributed by atoms with Crippen LogP contribution in [0.1, 0.15) is 36.7 Å². The molecule has 0 saturated carbocycles. The van der Waals surface area contributed by atoms with Gasteiger partial charge < -0.3 is 5.32 Å². The minimum Gasteiger partial charge on any atom is -0.376 e. The number of nitrogens with zero attached hydrogens (tertiary/aromatic N) is 3. The molecule has 108 valence electrons. The van der Waals surface area contributed by atoms with Gasteiger partial charge in [-0.15, -0.1) is 11.3 Å². The monoisotopic (exact) mass is 312 g/mol. The first-order valence-corrected chi connectivity index (χ1v) is 7.67. The SMILES string of the molecule is CCc1cnc(CNc2cnn(C(C)C)c(=O)c2Cl)s1. The van der Waals surface area contributed by atoms with Crippen molar-refractivity contribution in [3.63, 3.8) is 0 Å². The third kappa shape index (κ3) is 3.19. The van der Waals surface area contributed by atoms with Gasteiger partial charge in [0.2, 0.25) is 0 Å². The van der Waals surface area contributed by atoms with E-state index in [2.05, 4.69) is 22.3 Å². The summed E-state index contributed by atoms with van der Waals surface area (Å²) >= 11 is 7.74. The van der Waals surface area contributed by atoms with Crippen LogP contribution in [-0.2, 0) is 13.0 Å². The van der Waals surface area contributed by atoms with Crippen LogP contribution in [0.3, 0.4) is 0 Å². The van der Waals surface area contributed by atoms with E-state index in [0.29, 0.717) is 12.2 Å². The van der Waals surface area contributed by atoms with E-state index in [1.165, 1.54) is 9.56 Å². The third-order valence-corrected chi connectivity index (χ3v) is 4.32. The van der Waals surface area contributed by atoms with E-state index in [4.69, 9.17) is 11.6 Å². The van der Waals surface area contributed by atoms with Gasteiger partial charge in [-0.3, -0.25) is 4.79 Å². The molecule has 0 atom stereocenters. The van der Waals surface area contributed by atoms with Crippen LogP contribution in [0.5, 0.6) is 0 Å². The van der Waals surface area contributed by atoms with Gasteiger partial charge in [0.1, 0.15) is 10.0 Å². The highest BCUT2D eigenvalue weighted by Crippen LogP contribution is 2.19. The van der Waals surface area contributed by atoms with Gasteiger partial charge in [0.05, 0.1) is 24.5 Å². The van der Waals surface area contributed by atoms with E-state index in [9.17, 15) is 4.79 Å². The number of halogens is 1. The van der Waals surface area contributed by atoms with Crippen LogP contribution in [0.25, 0.3) is 0 Å². The lowest BCUT2D eigenvalue weighted by molar-refractivity contribution is 0.503. The van der Waals surface area contributed by atoms with Crippen LogP contribution in [0.4, 0.5) is 5.69 Å². The lowest BCUT2D eigenvalue weighted by atomic mass is 10.4. The number of hydrogen-bond donors (Lipinski definition) is 1. The summed E-state index contributed by atoms with van der Waals surface area (Å²) in [7, 11) is 0. The van der Waals surface area contributed by atoms with E-state index in [1.807, 2.05) is 20.0 Å². The molecule has 0 fully saturated rings. The van der Waals surface area contributed by atoms with Crippen molar-refractivity contribution in [1.82, 2.24) is 14.8 Å². The van der Waals surface area contributed by atoms with Gasteiger partial charge in [-0.05, 0) is 20.3 Å². The molecular weight excluding hydrogens is 296 g/mol. The van der Waals surface area contributed by atoms with E-state index in [0.717, 1.165) is 11.4 Å². The molecule has 0 aliphatic rings.